The average Bonchev–Trinajstić information content (AvgIpc) is 2.32. The van der Waals surface area contributed by atoms with Crippen LogP contribution in [0.15, 0.2) is 18.2 Å². The molecule has 0 spiro atoms. The Balaban J connectivity index is 2.61. The molecule has 0 radical (unpaired) electrons. The maximum Gasteiger partial charge on any atom is 0.224 e. The first-order valence-electron chi connectivity index (χ1n) is 6.68. The van der Waals surface area contributed by atoms with E-state index in [0.717, 1.165) is 12.0 Å². The van der Waals surface area contributed by atoms with E-state index >= 15 is 0 Å². The van der Waals surface area contributed by atoms with E-state index in [2.05, 4.69) is 19.2 Å². The lowest BCUT2D eigenvalue weighted by atomic mass is 9.94. The fourth-order valence-electron chi connectivity index (χ4n) is 2.13. The van der Waals surface area contributed by atoms with Gasteiger partial charge in [-0.05, 0) is 49.4 Å². The summed E-state index contributed by atoms with van der Waals surface area (Å²) in [5.74, 6) is 0.0534. The van der Waals surface area contributed by atoms with Crippen LogP contribution in [0.4, 0.5) is 10.1 Å². The van der Waals surface area contributed by atoms with E-state index in [1.54, 1.807) is 12.1 Å². The van der Waals surface area contributed by atoms with Gasteiger partial charge < -0.3 is 11.1 Å². The summed E-state index contributed by atoms with van der Waals surface area (Å²) in [4.78, 5) is 11.9. The van der Waals surface area contributed by atoms with E-state index in [1.807, 2.05) is 6.92 Å². The molecule has 0 aromatic heterocycles. The standard InChI is InChI=1S/C15H23FN2O/c1-10(2)6-12(9-17)8-15(19)18-14-7-11(3)4-5-13(14)16/h4-5,7,10,12H,6,8-9,17H2,1-3H3,(H,18,19). The summed E-state index contributed by atoms with van der Waals surface area (Å²) in [7, 11) is 0. The molecule has 19 heavy (non-hydrogen) atoms. The number of nitrogens with two attached hydrogens (primary N) is 1. The van der Waals surface area contributed by atoms with Crippen molar-refractivity contribution < 1.29 is 9.18 Å². The van der Waals surface area contributed by atoms with Gasteiger partial charge >= 0.3 is 0 Å². The van der Waals surface area contributed by atoms with Crippen LogP contribution in [0.5, 0.6) is 0 Å². The van der Waals surface area contributed by atoms with Gasteiger partial charge in [-0.25, -0.2) is 4.39 Å². The largest absolute Gasteiger partial charge is 0.330 e. The van der Waals surface area contributed by atoms with Gasteiger partial charge in [0, 0.05) is 6.42 Å². The molecule has 1 unspecified atom stereocenters. The number of benzene rings is 1. The molecule has 0 saturated heterocycles. The van der Waals surface area contributed by atoms with Crippen LogP contribution in [0.1, 0.15) is 32.3 Å². The van der Waals surface area contributed by atoms with Crippen molar-refractivity contribution in [2.75, 3.05) is 11.9 Å². The number of hydrogen-bond acceptors (Lipinski definition) is 2. The van der Waals surface area contributed by atoms with Crippen LogP contribution >= 0.6 is 0 Å². The number of hydrogen-bond donors (Lipinski definition) is 2. The zero-order valence-corrected chi connectivity index (χ0v) is 11.9. The quantitative estimate of drug-likeness (QED) is 0.831. The number of halogens is 1. The van der Waals surface area contributed by atoms with Crippen molar-refractivity contribution in [3.05, 3.63) is 29.6 Å². The number of amides is 1. The third-order valence-electron chi connectivity index (χ3n) is 3.01. The smallest absolute Gasteiger partial charge is 0.224 e. The molecule has 3 nitrogen and oxygen atoms in total. The number of aryl methyl sites for hydroxylation is 1. The Morgan fingerprint density at radius 1 is 1.42 bits per heavy atom. The van der Waals surface area contributed by atoms with Crippen LogP contribution in [0, 0.1) is 24.6 Å². The Hall–Kier alpha value is -1.42. The zero-order valence-electron chi connectivity index (χ0n) is 11.9. The van der Waals surface area contributed by atoms with Gasteiger partial charge in [-0.2, -0.15) is 0 Å². The summed E-state index contributed by atoms with van der Waals surface area (Å²) in [5.41, 5.74) is 6.82. The minimum Gasteiger partial charge on any atom is -0.330 e. The zero-order chi connectivity index (χ0) is 14.4. The highest BCUT2D eigenvalue weighted by atomic mass is 19.1. The predicted octanol–water partition coefficient (Wildman–Crippen LogP) is 3.08. The third-order valence-corrected chi connectivity index (χ3v) is 3.01. The van der Waals surface area contributed by atoms with E-state index in [1.165, 1.54) is 6.07 Å². The third kappa shape index (κ3) is 5.39. The fraction of sp³-hybridized carbons (Fsp3) is 0.533. The van der Waals surface area contributed by atoms with Crippen LogP contribution < -0.4 is 11.1 Å². The van der Waals surface area contributed by atoms with Gasteiger partial charge in [0.2, 0.25) is 5.91 Å². The molecule has 0 fully saturated rings. The molecule has 1 aromatic carbocycles. The van der Waals surface area contributed by atoms with E-state index < -0.39 is 5.82 Å². The maximum atomic E-state index is 13.5. The second kappa shape index (κ2) is 7.24. The van der Waals surface area contributed by atoms with E-state index in [4.69, 9.17) is 5.73 Å². The Morgan fingerprint density at radius 3 is 2.68 bits per heavy atom. The second-order valence-corrected chi connectivity index (χ2v) is 5.47. The van der Waals surface area contributed by atoms with Gasteiger partial charge in [0.25, 0.3) is 0 Å². The molecule has 0 bridgehead atoms. The highest BCUT2D eigenvalue weighted by molar-refractivity contribution is 5.91. The van der Waals surface area contributed by atoms with Crippen LogP contribution in [0.2, 0.25) is 0 Å². The minimum atomic E-state index is -0.410. The van der Waals surface area contributed by atoms with Gasteiger partial charge in [0.05, 0.1) is 5.69 Å². The molecule has 4 heteroatoms. The Bertz CT molecular complexity index is 432. The second-order valence-electron chi connectivity index (χ2n) is 5.47. The van der Waals surface area contributed by atoms with E-state index in [-0.39, 0.29) is 17.5 Å². The Labute approximate surface area is 114 Å². The fourth-order valence-corrected chi connectivity index (χ4v) is 2.13. The first-order chi connectivity index (χ1) is 8.92. The highest BCUT2D eigenvalue weighted by Crippen LogP contribution is 2.18. The topological polar surface area (TPSA) is 55.1 Å². The summed E-state index contributed by atoms with van der Waals surface area (Å²) < 4.78 is 13.5. The first kappa shape index (κ1) is 15.6. The van der Waals surface area contributed by atoms with Crippen molar-refractivity contribution in [3.63, 3.8) is 0 Å². The first-order valence-corrected chi connectivity index (χ1v) is 6.68. The SMILES string of the molecule is Cc1ccc(F)c(NC(=O)CC(CN)CC(C)C)c1. The maximum absolute atomic E-state index is 13.5. The molecule has 0 aliphatic carbocycles. The average molecular weight is 266 g/mol. The van der Waals surface area contributed by atoms with Crippen molar-refractivity contribution in [1.82, 2.24) is 0 Å². The van der Waals surface area contributed by atoms with E-state index in [9.17, 15) is 9.18 Å². The summed E-state index contributed by atoms with van der Waals surface area (Å²) in [6, 6.07) is 4.67. The van der Waals surface area contributed by atoms with Gasteiger partial charge in [-0.15, -0.1) is 0 Å². The van der Waals surface area contributed by atoms with Crippen LogP contribution in [0.25, 0.3) is 0 Å². The van der Waals surface area contributed by atoms with Crippen LogP contribution in [0.3, 0.4) is 0 Å². The van der Waals surface area contributed by atoms with Crippen molar-refractivity contribution in [2.24, 2.45) is 17.6 Å². The van der Waals surface area contributed by atoms with Gasteiger partial charge in [-0.3, -0.25) is 4.79 Å². The number of nitrogens with one attached hydrogen (secondary N) is 1. The molecule has 1 aromatic rings. The lowest BCUT2D eigenvalue weighted by Crippen LogP contribution is -2.23. The van der Waals surface area contributed by atoms with Crippen molar-refractivity contribution in [1.29, 1.82) is 0 Å². The Morgan fingerprint density at radius 2 is 2.11 bits per heavy atom. The summed E-state index contributed by atoms with van der Waals surface area (Å²) in [5, 5.41) is 2.62. The minimum absolute atomic E-state index is 0.146. The van der Waals surface area contributed by atoms with Gasteiger partial charge in [0.15, 0.2) is 0 Å². The molecule has 0 aliphatic heterocycles. The molecule has 0 aliphatic rings. The number of anilines is 1. The normalized spacial score (nSPS) is 12.5. The lowest BCUT2D eigenvalue weighted by molar-refractivity contribution is -0.117. The van der Waals surface area contributed by atoms with Gasteiger partial charge in [-0.1, -0.05) is 19.9 Å². The molecule has 3 N–H and O–H groups in total. The van der Waals surface area contributed by atoms with Crippen molar-refractivity contribution in [2.45, 2.75) is 33.6 Å². The summed E-state index contributed by atoms with van der Waals surface area (Å²) in [6.45, 7) is 6.53. The van der Waals surface area contributed by atoms with E-state index in [0.29, 0.717) is 18.9 Å². The summed E-state index contributed by atoms with van der Waals surface area (Å²) in [6.07, 6.45) is 1.24. The number of rotatable bonds is 6. The molecule has 0 saturated carbocycles. The summed E-state index contributed by atoms with van der Waals surface area (Å²) >= 11 is 0. The molecular formula is C15H23FN2O. The monoisotopic (exact) mass is 266 g/mol. The Kier molecular flexibility index (Phi) is 5.96. The highest BCUT2D eigenvalue weighted by Gasteiger charge is 2.15. The lowest BCUT2D eigenvalue weighted by Gasteiger charge is -2.16. The molecule has 106 valence electrons. The molecular weight excluding hydrogens is 243 g/mol. The van der Waals surface area contributed by atoms with Crippen LogP contribution in [-0.4, -0.2) is 12.5 Å². The number of carbonyl (C=O) groups excluding carboxylic acids is 1. The van der Waals surface area contributed by atoms with Crippen molar-refractivity contribution in [3.8, 4) is 0 Å². The molecule has 1 amide bonds. The number of carbonyl (C=O) groups is 1. The molecule has 1 atom stereocenters. The molecule has 1 rings (SSSR count). The predicted molar refractivity (Wildman–Crippen MR) is 76.4 cm³/mol. The van der Waals surface area contributed by atoms with Crippen molar-refractivity contribution >= 4 is 11.6 Å². The molecule has 0 heterocycles. The van der Waals surface area contributed by atoms with Gasteiger partial charge in [0.1, 0.15) is 5.82 Å². The van der Waals surface area contributed by atoms with Crippen LogP contribution in [-0.2, 0) is 4.79 Å².